The standard InChI is InChI=1S/C16H12Cl3N3O2S2/c1-9-14(25-16(22-9)10-3-2-4-20-7-10)8-21-26(23,24)15-6-12(18)11(17)5-13(15)19/h2-7,21H,8H2,1H3. The first-order valence-electron chi connectivity index (χ1n) is 7.29. The second-order valence-electron chi connectivity index (χ2n) is 5.29. The summed E-state index contributed by atoms with van der Waals surface area (Å²) in [5, 5.41) is 1.08. The molecule has 10 heteroatoms. The average Bonchev–Trinajstić information content (AvgIpc) is 2.98. The molecule has 0 spiro atoms. The third kappa shape index (κ3) is 4.19. The van der Waals surface area contributed by atoms with Gasteiger partial charge in [0.15, 0.2) is 0 Å². The van der Waals surface area contributed by atoms with Gasteiger partial charge in [0.25, 0.3) is 0 Å². The van der Waals surface area contributed by atoms with E-state index in [1.807, 2.05) is 19.1 Å². The van der Waals surface area contributed by atoms with Gasteiger partial charge in [-0.05, 0) is 31.2 Å². The van der Waals surface area contributed by atoms with Crippen molar-refractivity contribution >= 4 is 56.2 Å². The van der Waals surface area contributed by atoms with E-state index in [-0.39, 0.29) is 26.5 Å². The summed E-state index contributed by atoms with van der Waals surface area (Å²) in [6.45, 7) is 1.91. The summed E-state index contributed by atoms with van der Waals surface area (Å²) in [7, 11) is -3.86. The summed E-state index contributed by atoms with van der Waals surface area (Å²) in [4.78, 5) is 9.22. The van der Waals surface area contributed by atoms with Gasteiger partial charge in [-0.1, -0.05) is 34.8 Å². The highest BCUT2D eigenvalue weighted by molar-refractivity contribution is 7.89. The Balaban J connectivity index is 1.83. The van der Waals surface area contributed by atoms with Crippen molar-refractivity contribution in [3.8, 4) is 10.6 Å². The lowest BCUT2D eigenvalue weighted by Crippen LogP contribution is -2.23. The molecule has 3 rings (SSSR count). The maximum Gasteiger partial charge on any atom is 0.242 e. The first-order chi connectivity index (χ1) is 12.3. The fraction of sp³-hybridized carbons (Fsp3) is 0.125. The highest BCUT2D eigenvalue weighted by atomic mass is 35.5. The van der Waals surface area contributed by atoms with Gasteiger partial charge in [-0.25, -0.2) is 18.1 Å². The van der Waals surface area contributed by atoms with Crippen LogP contribution in [0.3, 0.4) is 0 Å². The first-order valence-corrected chi connectivity index (χ1v) is 10.7. The number of nitrogens with zero attached hydrogens (tertiary/aromatic N) is 2. The topological polar surface area (TPSA) is 72.0 Å². The van der Waals surface area contributed by atoms with E-state index < -0.39 is 10.0 Å². The van der Waals surface area contributed by atoms with E-state index in [0.29, 0.717) is 0 Å². The van der Waals surface area contributed by atoms with Crippen molar-refractivity contribution in [1.82, 2.24) is 14.7 Å². The molecule has 1 aromatic carbocycles. The molecule has 2 aromatic heterocycles. The van der Waals surface area contributed by atoms with Crippen LogP contribution in [0.1, 0.15) is 10.6 Å². The lowest BCUT2D eigenvalue weighted by atomic mass is 10.3. The highest BCUT2D eigenvalue weighted by Gasteiger charge is 2.21. The zero-order valence-electron chi connectivity index (χ0n) is 13.3. The van der Waals surface area contributed by atoms with Crippen LogP contribution in [0.15, 0.2) is 41.6 Å². The van der Waals surface area contributed by atoms with E-state index in [0.717, 1.165) is 21.1 Å². The van der Waals surface area contributed by atoms with Crippen LogP contribution in [-0.4, -0.2) is 18.4 Å². The van der Waals surface area contributed by atoms with Gasteiger partial charge in [0, 0.05) is 29.4 Å². The van der Waals surface area contributed by atoms with Crippen LogP contribution in [0.5, 0.6) is 0 Å². The fourth-order valence-corrected chi connectivity index (χ4v) is 5.23. The minimum absolute atomic E-state index is 0.00368. The van der Waals surface area contributed by atoms with Crippen LogP contribution < -0.4 is 4.72 Å². The minimum Gasteiger partial charge on any atom is -0.264 e. The van der Waals surface area contributed by atoms with E-state index in [4.69, 9.17) is 34.8 Å². The Labute approximate surface area is 170 Å². The number of pyridine rings is 1. The summed E-state index contributed by atoms with van der Waals surface area (Å²) < 4.78 is 27.6. The maximum absolute atomic E-state index is 12.6. The Bertz CT molecular complexity index is 1050. The largest absolute Gasteiger partial charge is 0.264 e. The molecule has 0 bridgehead atoms. The smallest absolute Gasteiger partial charge is 0.242 e. The zero-order valence-corrected chi connectivity index (χ0v) is 17.2. The van der Waals surface area contributed by atoms with Gasteiger partial charge < -0.3 is 0 Å². The van der Waals surface area contributed by atoms with Gasteiger partial charge >= 0.3 is 0 Å². The predicted molar refractivity (Wildman–Crippen MR) is 106 cm³/mol. The molecule has 0 aliphatic carbocycles. The molecule has 1 N–H and O–H groups in total. The third-order valence-electron chi connectivity index (χ3n) is 3.49. The molecule has 3 aromatic rings. The number of rotatable bonds is 5. The van der Waals surface area contributed by atoms with Crippen molar-refractivity contribution in [2.24, 2.45) is 0 Å². The van der Waals surface area contributed by atoms with Crippen molar-refractivity contribution in [3.63, 3.8) is 0 Å². The molecule has 0 atom stereocenters. The first kappa shape index (κ1) is 19.5. The summed E-state index contributed by atoms with van der Waals surface area (Å²) in [6, 6.07) is 6.25. The number of thiazole rings is 1. The summed E-state index contributed by atoms with van der Waals surface area (Å²) in [6.07, 6.45) is 3.39. The van der Waals surface area contributed by atoms with Crippen molar-refractivity contribution in [2.45, 2.75) is 18.4 Å². The summed E-state index contributed by atoms with van der Waals surface area (Å²) in [5.41, 5.74) is 1.62. The number of hydrogen-bond acceptors (Lipinski definition) is 5. The molecular weight excluding hydrogens is 437 g/mol. The Morgan fingerprint density at radius 3 is 2.58 bits per heavy atom. The molecule has 0 saturated carbocycles. The van der Waals surface area contributed by atoms with Crippen molar-refractivity contribution in [1.29, 1.82) is 0 Å². The van der Waals surface area contributed by atoms with Crippen molar-refractivity contribution in [2.75, 3.05) is 0 Å². The Hall–Kier alpha value is -1.22. The molecular formula is C16H12Cl3N3O2S2. The number of benzene rings is 1. The number of nitrogens with one attached hydrogen (secondary N) is 1. The number of hydrogen-bond donors (Lipinski definition) is 1. The second-order valence-corrected chi connectivity index (χ2v) is 9.33. The van der Waals surface area contributed by atoms with E-state index in [1.54, 1.807) is 12.4 Å². The van der Waals surface area contributed by atoms with Crippen LogP contribution in [0.4, 0.5) is 0 Å². The molecule has 0 unspecified atom stereocenters. The van der Waals surface area contributed by atoms with E-state index in [1.165, 1.54) is 23.5 Å². The molecule has 0 saturated heterocycles. The lowest BCUT2D eigenvalue weighted by molar-refractivity contribution is 0.581. The molecule has 5 nitrogen and oxygen atoms in total. The Morgan fingerprint density at radius 1 is 1.15 bits per heavy atom. The summed E-state index contributed by atoms with van der Waals surface area (Å²) in [5.74, 6) is 0. The molecule has 2 heterocycles. The van der Waals surface area contributed by atoms with Crippen LogP contribution in [0, 0.1) is 6.92 Å². The lowest BCUT2D eigenvalue weighted by Gasteiger charge is -2.09. The van der Waals surface area contributed by atoms with E-state index in [2.05, 4.69) is 14.7 Å². The van der Waals surface area contributed by atoms with Gasteiger partial charge in [0.05, 0.1) is 20.8 Å². The molecule has 0 fully saturated rings. The molecule has 0 aliphatic heterocycles. The van der Waals surface area contributed by atoms with Gasteiger partial charge in [-0.15, -0.1) is 11.3 Å². The second kappa shape index (κ2) is 7.80. The van der Waals surface area contributed by atoms with Gasteiger partial charge in [0.2, 0.25) is 10.0 Å². The molecule has 26 heavy (non-hydrogen) atoms. The summed E-state index contributed by atoms with van der Waals surface area (Å²) >= 11 is 19.2. The monoisotopic (exact) mass is 447 g/mol. The molecule has 0 radical (unpaired) electrons. The van der Waals surface area contributed by atoms with Gasteiger partial charge in [-0.3, -0.25) is 4.98 Å². The number of aryl methyl sites for hydroxylation is 1. The number of sulfonamides is 1. The highest BCUT2D eigenvalue weighted by Crippen LogP contribution is 2.32. The van der Waals surface area contributed by atoms with Crippen LogP contribution in [-0.2, 0) is 16.6 Å². The average molecular weight is 449 g/mol. The van der Waals surface area contributed by atoms with Gasteiger partial charge in [-0.2, -0.15) is 0 Å². The van der Waals surface area contributed by atoms with Gasteiger partial charge in [0.1, 0.15) is 9.90 Å². The number of aromatic nitrogens is 2. The quantitative estimate of drug-likeness (QED) is 0.560. The fourth-order valence-electron chi connectivity index (χ4n) is 2.15. The normalized spacial score (nSPS) is 11.7. The van der Waals surface area contributed by atoms with Crippen LogP contribution in [0.2, 0.25) is 15.1 Å². The van der Waals surface area contributed by atoms with Crippen LogP contribution >= 0.6 is 46.1 Å². The van der Waals surface area contributed by atoms with Crippen molar-refractivity contribution in [3.05, 3.63) is 62.3 Å². The Morgan fingerprint density at radius 2 is 1.88 bits per heavy atom. The predicted octanol–water partition coefficient (Wildman–Crippen LogP) is 4.95. The number of halogens is 3. The zero-order chi connectivity index (χ0) is 18.9. The Kier molecular flexibility index (Phi) is 5.86. The minimum atomic E-state index is -3.86. The van der Waals surface area contributed by atoms with Crippen LogP contribution in [0.25, 0.3) is 10.6 Å². The molecule has 136 valence electrons. The van der Waals surface area contributed by atoms with Crippen molar-refractivity contribution < 1.29 is 8.42 Å². The maximum atomic E-state index is 12.6. The molecule has 0 aliphatic rings. The SMILES string of the molecule is Cc1nc(-c2cccnc2)sc1CNS(=O)(=O)c1cc(Cl)c(Cl)cc1Cl. The van der Waals surface area contributed by atoms with E-state index in [9.17, 15) is 8.42 Å². The van der Waals surface area contributed by atoms with E-state index >= 15 is 0 Å². The third-order valence-corrected chi connectivity index (χ3v) is 7.28. The molecule has 0 amide bonds.